The highest BCUT2D eigenvalue weighted by atomic mass is 15.1. The van der Waals surface area contributed by atoms with Crippen LogP contribution in [0.3, 0.4) is 0 Å². The molecule has 5 aromatic rings. The SMILES string of the molecule is Cc1ccc2c(Nc3ccc4[nH]ncc4c3)nc(-c3cccnc3)nc2c1. The second-order valence-corrected chi connectivity index (χ2v) is 6.46. The molecule has 0 atom stereocenters. The average Bonchev–Trinajstić information content (AvgIpc) is 3.16. The van der Waals surface area contributed by atoms with E-state index >= 15 is 0 Å². The fraction of sp³-hybridized carbons (Fsp3) is 0.0476. The van der Waals surface area contributed by atoms with E-state index in [-0.39, 0.29) is 0 Å². The third kappa shape index (κ3) is 2.87. The lowest BCUT2D eigenvalue weighted by Gasteiger charge is -2.11. The van der Waals surface area contributed by atoms with E-state index in [1.54, 1.807) is 12.4 Å². The molecular formula is C21H16N6. The molecular weight excluding hydrogens is 336 g/mol. The van der Waals surface area contributed by atoms with Gasteiger partial charge >= 0.3 is 0 Å². The zero-order valence-electron chi connectivity index (χ0n) is 14.6. The molecule has 0 spiro atoms. The van der Waals surface area contributed by atoms with Crippen molar-refractivity contribution in [3.05, 3.63) is 72.7 Å². The van der Waals surface area contributed by atoms with Crippen molar-refractivity contribution in [2.75, 3.05) is 5.32 Å². The number of anilines is 2. The summed E-state index contributed by atoms with van der Waals surface area (Å²) in [6.07, 6.45) is 5.33. The first-order valence-corrected chi connectivity index (χ1v) is 8.65. The first-order valence-electron chi connectivity index (χ1n) is 8.65. The van der Waals surface area contributed by atoms with Crippen molar-refractivity contribution < 1.29 is 0 Å². The lowest BCUT2D eigenvalue weighted by Crippen LogP contribution is -2.00. The molecule has 0 unspecified atom stereocenters. The van der Waals surface area contributed by atoms with Gasteiger partial charge < -0.3 is 5.32 Å². The molecule has 27 heavy (non-hydrogen) atoms. The van der Waals surface area contributed by atoms with E-state index in [1.165, 1.54) is 0 Å². The van der Waals surface area contributed by atoms with Crippen LogP contribution in [0.4, 0.5) is 11.5 Å². The zero-order chi connectivity index (χ0) is 18.2. The second-order valence-electron chi connectivity index (χ2n) is 6.46. The summed E-state index contributed by atoms with van der Waals surface area (Å²) < 4.78 is 0. The van der Waals surface area contributed by atoms with E-state index in [0.29, 0.717) is 5.82 Å². The van der Waals surface area contributed by atoms with E-state index < -0.39 is 0 Å². The number of rotatable bonds is 3. The van der Waals surface area contributed by atoms with Crippen molar-refractivity contribution in [2.45, 2.75) is 6.92 Å². The molecule has 0 radical (unpaired) electrons. The van der Waals surface area contributed by atoms with Crippen molar-refractivity contribution >= 4 is 33.3 Å². The fourth-order valence-corrected chi connectivity index (χ4v) is 3.12. The first kappa shape index (κ1) is 15.5. The number of nitrogens with zero attached hydrogens (tertiary/aromatic N) is 4. The molecule has 0 amide bonds. The Morgan fingerprint density at radius 2 is 1.93 bits per heavy atom. The molecule has 0 saturated heterocycles. The molecule has 2 aromatic carbocycles. The molecule has 0 bridgehead atoms. The van der Waals surface area contributed by atoms with Crippen LogP contribution in [0.25, 0.3) is 33.2 Å². The van der Waals surface area contributed by atoms with Crippen LogP contribution in [-0.2, 0) is 0 Å². The highest BCUT2D eigenvalue weighted by Crippen LogP contribution is 2.28. The van der Waals surface area contributed by atoms with Crippen LogP contribution in [0.2, 0.25) is 0 Å². The molecule has 0 saturated carbocycles. The van der Waals surface area contributed by atoms with Crippen molar-refractivity contribution in [3.8, 4) is 11.4 Å². The number of benzene rings is 2. The number of aromatic nitrogens is 5. The predicted octanol–water partition coefficient (Wildman–Crippen LogP) is 4.62. The number of fused-ring (bicyclic) bond motifs is 2. The minimum Gasteiger partial charge on any atom is -0.340 e. The van der Waals surface area contributed by atoms with Gasteiger partial charge in [0.05, 0.1) is 17.2 Å². The summed E-state index contributed by atoms with van der Waals surface area (Å²) >= 11 is 0. The lowest BCUT2D eigenvalue weighted by atomic mass is 10.1. The quantitative estimate of drug-likeness (QED) is 0.495. The van der Waals surface area contributed by atoms with Gasteiger partial charge in [0.25, 0.3) is 0 Å². The monoisotopic (exact) mass is 352 g/mol. The number of H-pyrrole nitrogens is 1. The summed E-state index contributed by atoms with van der Waals surface area (Å²) in [5.41, 5.74) is 4.88. The van der Waals surface area contributed by atoms with Gasteiger partial charge in [-0.3, -0.25) is 10.1 Å². The van der Waals surface area contributed by atoms with Gasteiger partial charge in [-0.2, -0.15) is 5.10 Å². The average molecular weight is 352 g/mol. The summed E-state index contributed by atoms with van der Waals surface area (Å²) in [7, 11) is 0. The van der Waals surface area contributed by atoms with E-state index in [2.05, 4.69) is 45.6 Å². The van der Waals surface area contributed by atoms with E-state index in [1.807, 2.05) is 36.5 Å². The Morgan fingerprint density at radius 3 is 2.81 bits per heavy atom. The second kappa shape index (κ2) is 6.17. The Labute approximate surface area is 155 Å². The smallest absolute Gasteiger partial charge is 0.163 e. The molecule has 3 heterocycles. The molecule has 0 fully saturated rings. The van der Waals surface area contributed by atoms with Crippen molar-refractivity contribution in [2.24, 2.45) is 0 Å². The van der Waals surface area contributed by atoms with Gasteiger partial charge in [-0.05, 0) is 55.0 Å². The molecule has 5 rings (SSSR count). The van der Waals surface area contributed by atoms with Gasteiger partial charge in [-0.25, -0.2) is 9.97 Å². The van der Waals surface area contributed by atoms with Gasteiger partial charge in [0.15, 0.2) is 5.82 Å². The standard InChI is InChI=1S/C21H16N6/c1-13-4-6-17-19(9-13)25-20(14-3-2-8-22-11-14)26-21(17)24-16-5-7-18-15(10-16)12-23-27-18/h2-12H,1H3,(H,23,27)(H,24,25,26). The van der Waals surface area contributed by atoms with Crippen molar-refractivity contribution in [3.63, 3.8) is 0 Å². The summed E-state index contributed by atoms with van der Waals surface area (Å²) in [5.74, 6) is 1.41. The van der Waals surface area contributed by atoms with Crippen molar-refractivity contribution in [1.29, 1.82) is 0 Å². The maximum atomic E-state index is 4.78. The van der Waals surface area contributed by atoms with Crippen LogP contribution in [0.1, 0.15) is 5.56 Å². The molecule has 0 aliphatic carbocycles. The van der Waals surface area contributed by atoms with Crippen LogP contribution in [0.5, 0.6) is 0 Å². The lowest BCUT2D eigenvalue weighted by molar-refractivity contribution is 1.12. The Bertz CT molecular complexity index is 1260. The van der Waals surface area contributed by atoms with Gasteiger partial charge in [-0.15, -0.1) is 0 Å². The summed E-state index contributed by atoms with van der Waals surface area (Å²) in [6.45, 7) is 2.06. The maximum absolute atomic E-state index is 4.78. The molecule has 3 aromatic heterocycles. The third-order valence-electron chi connectivity index (χ3n) is 4.48. The zero-order valence-corrected chi connectivity index (χ0v) is 14.6. The Balaban J connectivity index is 1.67. The predicted molar refractivity (Wildman–Crippen MR) is 107 cm³/mol. The number of aromatic amines is 1. The van der Waals surface area contributed by atoms with Gasteiger partial charge in [-0.1, -0.05) is 6.07 Å². The highest BCUT2D eigenvalue weighted by molar-refractivity contribution is 5.93. The Kier molecular flexibility index (Phi) is 3.53. The molecule has 6 heteroatoms. The van der Waals surface area contributed by atoms with Crippen LogP contribution < -0.4 is 5.32 Å². The molecule has 0 aliphatic heterocycles. The van der Waals surface area contributed by atoms with Gasteiger partial charge in [0.1, 0.15) is 5.82 Å². The van der Waals surface area contributed by atoms with Gasteiger partial charge in [0, 0.05) is 34.4 Å². The number of nitrogens with one attached hydrogen (secondary N) is 2. The minimum atomic E-state index is 0.646. The number of pyridine rings is 1. The fourth-order valence-electron chi connectivity index (χ4n) is 3.12. The summed E-state index contributed by atoms with van der Waals surface area (Å²) in [6, 6.07) is 16.1. The maximum Gasteiger partial charge on any atom is 0.163 e. The number of aryl methyl sites for hydroxylation is 1. The van der Waals surface area contributed by atoms with E-state index in [0.717, 1.165) is 44.4 Å². The Hall–Kier alpha value is -3.80. The van der Waals surface area contributed by atoms with Crippen LogP contribution >= 0.6 is 0 Å². The first-order chi connectivity index (χ1) is 13.3. The minimum absolute atomic E-state index is 0.646. The molecule has 2 N–H and O–H groups in total. The third-order valence-corrected chi connectivity index (χ3v) is 4.48. The highest BCUT2D eigenvalue weighted by Gasteiger charge is 2.11. The topological polar surface area (TPSA) is 79.4 Å². The molecule has 6 nitrogen and oxygen atoms in total. The number of hydrogen-bond acceptors (Lipinski definition) is 5. The van der Waals surface area contributed by atoms with Crippen LogP contribution in [0, 0.1) is 6.92 Å². The van der Waals surface area contributed by atoms with Gasteiger partial charge in [0.2, 0.25) is 0 Å². The normalized spacial score (nSPS) is 11.1. The largest absolute Gasteiger partial charge is 0.340 e. The summed E-state index contributed by atoms with van der Waals surface area (Å²) in [5, 5.41) is 12.5. The summed E-state index contributed by atoms with van der Waals surface area (Å²) in [4.78, 5) is 13.7. The van der Waals surface area contributed by atoms with Crippen molar-refractivity contribution in [1.82, 2.24) is 25.1 Å². The Morgan fingerprint density at radius 1 is 0.963 bits per heavy atom. The van der Waals surface area contributed by atoms with E-state index in [9.17, 15) is 0 Å². The molecule has 130 valence electrons. The van der Waals surface area contributed by atoms with Crippen LogP contribution in [0.15, 0.2) is 67.1 Å². The van der Waals surface area contributed by atoms with E-state index in [4.69, 9.17) is 9.97 Å². The molecule has 0 aliphatic rings. The van der Waals surface area contributed by atoms with Crippen LogP contribution in [-0.4, -0.2) is 25.1 Å². The number of hydrogen-bond donors (Lipinski definition) is 2.